The Morgan fingerprint density at radius 3 is 2.61 bits per heavy atom. The molecule has 1 N–H and O–H groups in total. The molecule has 0 bridgehead atoms. The molecule has 0 unspecified atom stereocenters. The average molecular weight is 392 g/mol. The lowest BCUT2D eigenvalue weighted by Gasteiger charge is -2.28. The fourth-order valence-electron chi connectivity index (χ4n) is 3.08. The van der Waals surface area contributed by atoms with Crippen molar-refractivity contribution in [3.63, 3.8) is 0 Å². The van der Waals surface area contributed by atoms with Gasteiger partial charge in [0.1, 0.15) is 5.75 Å². The highest BCUT2D eigenvalue weighted by atomic mass is 19.4. The van der Waals surface area contributed by atoms with E-state index >= 15 is 0 Å². The van der Waals surface area contributed by atoms with E-state index in [1.165, 1.54) is 19.2 Å². The van der Waals surface area contributed by atoms with E-state index in [2.05, 4.69) is 5.32 Å². The average Bonchev–Trinajstić information content (AvgIpc) is 2.68. The van der Waals surface area contributed by atoms with Crippen LogP contribution in [-0.4, -0.2) is 25.5 Å². The molecule has 0 aliphatic carbocycles. The van der Waals surface area contributed by atoms with Gasteiger partial charge >= 0.3 is 6.18 Å². The standard InChI is InChI=1S/C20H19F3N2O3/c1-28-17-12-15(8-9-16(17)25-10-3-2-7-18(25)26)24-19(27)13-5-4-6-14(11-13)20(21,22)23/h4-6,8-9,11-12H,2-3,7,10H2,1H3,(H,24,27). The molecule has 0 aromatic heterocycles. The zero-order chi connectivity index (χ0) is 20.3. The molecule has 0 atom stereocenters. The second-order valence-electron chi connectivity index (χ2n) is 6.42. The van der Waals surface area contributed by atoms with Crippen LogP contribution >= 0.6 is 0 Å². The van der Waals surface area contributed by atoms with Crippen LogP contribution in [0.1, 0.15) is 35.2 Å². The number of benzene rings is 2. The number of nitrogens with zero attached hydrogens (tertiary/aromatic N) is 1. The third-order valence-corrected chi connectivity index (χ3v) is 4.50. The summed E-state index contributed by atoms with van der Waals surface area (Å²) in [4.78, 5) is 26.1. The molecule has 0 spiro atoms. The summed E-state index contributed by atoms with van der Waals surface area (Å²) in [6.45, 7) is 0.588. The summed E-state index contributed by atoms with van der Waals surface area (Å²) in [6.07, 6.45) is -2.31. The van der Waals surface area contributed by atoms with Crippen LogP contribution in [0, 0.1) is 0 Å². The highest BCUT2D eigenvalue weighted by Crippen LogP contribution is 2.34. The second kappa shape index (κ2) is 7.92. The SMILES string of the molecule is COc1cc(NC(=O)c2cccc(C(F)(F)F)c2)ccc1N1CCCCC1=O. The molecule has 0 radical (unpaired) electrons. The number of anilines is 2. The number of amides is 2. The van der Waals surface area contributed by atoms with Crippen molar-refractivity contribution >= 4 is 23.2 Å². The molecule has 1 saturated heterocycles. The van der Waals surface area contributed by atoms with Gasteiger partial charge in [-0.05, 0) is 43.2 Å². The highest BCUT2D eigenvalue weighted by Gasteiger charge is 2.31. The Balaban J connectivity index is 1.81. The van der Waals surface area contributed by atoms with Crippen LogP contribution in [0.3, 0.4) is 0 Å². The summed E-state index contributed by atoms with van der Waals surface area (Å²) in [5, 5.41) is 2.56. The molecule has 5 nitrogen and oxygen atoms in total. The molecular weight excluding hydrogens is 373 g/mol. The largest absolute Gasteiger partial charge is 0.494 e. The lowest BCUT2D eigenvalue weighted by atomic mass is 10.1. The van der Waals surface area contributed by atoms with Gasteiger partial charge in [-0.2, -0.15) is 13.2 Å². The first-order valence-electron chi connectivity index (χ1n) is 8.76. The Morgan fingerprint density at radius 2 is 1.93 bits per heavy atom. The molecule has 28 heavy (non-hydrogen) atoms. The Labute approximate surface area is 160 Å². The predicted octanol–water partition coefficient (Wildman–Crippen LogP) is 4.48. The van der Waals surface area contributed by atoms with Crippen molar-refractivity contribution in [1.82, 2.24) is 0 Å². The van der Waals surface area contributed by atoms with Crippen LogP contribution < -0.4 is 15.0 Å². The first-order valence-corrected chi connectivity index (χ1v) is 8.76. The number of nitrogens with one attached hydrogen (secondary N) is 1. The highest BCUT2D eigenvalue weighted by molar-refractivity contribution is 6.05. The molecule has 1 heterocycles. The number of hydrogen-bond acceptors (Lipinski definition) is 3. The van der Waals surface area contributed by atoms with E-state index < -0.39 is 17.6 Å². The van der Waals surface area contributed by atoms with Gasteiger partial charge in [0.05, 0.1) is 18.4 Å². The number of carbonyl (C=O) groups is 2. The van der Waals surface area contributed by atoms with Crippen molar-refractivity contribution in [1.29, 1.82) is 0 Å². The van der Waals surface area contributed by atoms with Crippen LogP contribution in [0.2, 0.25) is 0 Å². The summed E-state index contributed by atoms with van der Waals surface area (Å²) in [5.74, 6) is -0.266. The first-order chi connectivity index (χ1) is 13.3. The molecule has 3 rings (SSSR count). The van der Waals surface area contributed by atoms with E-state index in [0.717, 1.165) is 25.0 Å². The van der Waals surface area contributed by atoms with Gasteiger partial charge < -0.3 is 15.0 Å². The molecule has 2 aromatic rings. The lowest BCUT2D eigenvalue weighted by molar-refractivity contribution is -0.137. The Morgan fingerprint density at radius 1 is 1.14 bits per heavy atom. The smallest absolute Gasteiger partial charge is 0.416 e. The zero-order valence-corrected chi connectivity index (χ0v) is 15.2. The molecule has 1 aliphatic heterocycles. The summed E-state index contributed by atoms with van der Waals surface area (Å²) in [5.41, 5.74) is -0.0440. The van der Waals surface area contributed by atoms with Crippen molar-refractivity contribution in [2.45, 2.75) is 25.4 Å². The number of methoxy groups -OCH3 is 1. The van der Waals surface area contributed by atoms with Gasteiger partial charge in [0, 0.05) is 30.3 Å². The maximum Gasteiger partial charge on any atom is 0.416 e. The Kier molecular flexibility index (Phi) is 5.58. The minimum Gasteiger partial charge on any atom is -0.494 e. The van der Waals surface area contributed by atoms with E-state index in [0.29, 0.717) is 30.1 Å². The summed E-state index contributed by atoms with van der Waals surface area (Å²) in [6, 6.07) is 8.99. The van der Waals surface area contributed by atoms with Crippen LogP contribution in [0.4, 0.5) is 24.5 Å². The normalized spacial score (nSPS) is 14.7. The first kappa shape index (κ1) is 19.7. The second-order valence-corrected chi connectivity index (χ2v) is 6.42. The Bertz CT molecular complexity index is 897. The van der Waals surface area contributed by atoms with Crippen molar-refractivity contribution in [2.24, 2.45) is 0 Å². The van der Waals surface area contributed by atoms with Crippen molar-refractivity contribution in [3.8, 4) is 5.75 Å². The van der Waals surface area contributed by atoms with Crippen LogP contribution in [0.15, 0.2) is 42.5 Å². The van der Waals surface area contributed by atoms with Gasteiger partial charge in [0.15, 0.2) is 0 Å². The van der Waals surface area contributed by atoms with Gasteiger partial charge in [0.25, 0.3) is 5.91 Å². The fraction of sp³-hybridized carbons (Fsp3) is 0.300. The lowest BCUT2D eigenvalue weighted by Crippen LogP contribution is -2.35. The van der Waals surface area contributed by atoms with E-state index in [1.807, 2.05) is 0 Å². The number of rotatable bonds is 4. The van der Waals surface area contributed by atoms with Crippen LogP contribution in [-0.2, 0) is 11.0 Å². The van der Waals surface area contributed by atoms with Gasteiger partial charge in [0.2, 0.25) is 5.91 Å². The van der Waals surface area contributed by atoms with Gasteiger partial charge in [-0.15, -0.1) is 0 Å². The molecule has 148 valence electrons. The zero-order valence-electron chi connectivity index (χ0n) is 15.2. The van der Waals surface area contributed by atoms with Crippen LogP contribution in [0.5, 0.6) is 5.75 Å². The topological polar surface area (TPSA) is 58.6 Å². The predicted molar refractivity (Wildman–Crippen MR) is 98.6 cm³/mol. The van der Waals surface area contributed by atoms with E-state index in [9.17, 15) is 22.8 Å². The van der Waals surface area contributed by atoms with Crippen molar-refractivity contribution in [2.75, 3.05) is 23.9 Å². The van der Waals surface area contributed by atoms with Crippen molar-refractivity contribution < 1.29 is 27.5 Å². The van der Waals surface area contributed by atoms with E-state index in [4.69, 9.17) is 4.74 Å². The maximum absolute atomic E-state index is 12.8. The van der Waals surface area contributed by atoms with Crippen molar-refractivity contribution in [3.05, 3.63) is 53.6 Å². The fourth-order valence-corrected chi connectivity index (χ4v) is 3.08. The summed E-state index contributed by atoms with van der Waals surface area (Å²) < 4.78 is 43.8. The molecule has 2 aromatic carbocycles. The van der Waals surface area contributed by atoms with E-state index in [-0.39, 0.29) is 11.5 Å². The van der Waals surface area contributed by atoms with Gasteiger partial charge in [-0.25, -0.2) is 0 Å². The maximum atomic E-state index is 12.8. The third-order valence-electron chi connectivity index (χ3n) is 4.50. The number of hydrogen-bond donors (Lipinski definition) is 1. The number of piperidine rings is 1. The summed E-state index contributed by atoms with van der Waals surface area (Å²) in [7, 11) is 1.45. The molecule has 2 amide bonds. The Hall–Kier alpha value is -3.03. The summed E-state index contributed by atoms with van der Waals surface area (Å²) >= 11 is 0. The van der Waals surface area contributed by atoms with E-state index in [1.54, 1.807) is 23.1 Å². The molecule has 8 heteroatoms. The third kappa shape index (κ3) is 4.27. The number of alkyl halides is 3. The molecule has 1 fully saturated rings. The quantitative estimate of drug-likeness (QED) is 0.835. The minimum absolute atomic E-state index is 0.00491. The number of halogens is 3. The number of carbonyl (C=O) groups excluding carboxylic acids is 2. The molecule has 0 saturated carbocycles. The minimum atomic E-state index is -4.53. The monoisotopic (exact) mass is 392 g/mol. The molecule has 1 aliphatic rings. The number of ether oxygens (including phenoxy) is 1. The van der Waals surface area contributed by atoms with Gasteiger partial charge in [-0.1, -0.05) is 6.07 Å². The molecular formula is C20H19F3N2O3. The van der Waals surface area contributed by atoms with Gasteiger partial charge in [-0.3, -0.25) is 9.59 Å². The van der Waals surface area contributed by atoms with Crippen LogP contribution in [0.25, 0.3) is 0 Å².